The molecule has 2 aliphatic heterocycles. The van der Waals surface area contributed by atoms with E-state index in [9.17, 15) is 4.79 Å². The molecule has 2 amide bonds. The Morgan fingerprint density at radius 3 is 2.88 bits per heavy atom. The number of nitrogens with one attached hydrogen (secondary N) is 2. The van der Waals surface area contributed by atoms with Gasteiger partial charge in [-0.3, -0.25) is 4.90 Å². The predicted molar refractivity (Wildman–Crippen MR) is 89.7 cm³/mol. The Morgan fingerprint density at radius 2 is 2.04 bits per heavy atom. The molecule has 0 saturated carbocycles. The van der Waals surface area contributed by atoms with Crippen LogP contribution < -0.4 is 24.8 Å². The monoisotopic (exact) mass is 335 g/mol. The lowest BCUT2D eigenvalue weighted by Gasteiger charge is -2.23. The highest BCUT2D eigenvalue weighted by Gasteiger charge is 2.18. The molecule has 1 aromatic rings. The summed E-state index contributed by atoms with van der Waals surface area (Å²) < 4.78 is 16.1. The average Bonchev–Trinajstić information content (AvgIpc) is 3.27. The molecule has 0 aromatic heterocycles. The minimum absolute atomic E-state index is 0.157. The van der Waals surface area contributed by atoms with E-state index < -0.39 is 0 Å². The van der Waals surface area contributed by atoms with Crippen molar-refractivity contribution in [1.29, 1.82) is 0 Å². The number of ether oxygens (including phenoxy) is 3. The third-order valence-electron chi connectivity index (χ3n) is 4.32. The SMILES string of the molecule is C[C@@H](CNC(=O)NCCOc1ccc2c(c1)OCO2)N1CCCC1. The van der Waals surface area contributed by atoms with Crippen molar-refractivity contribution in [3.8, 4) is 17.2 Å². The summed E-state index contributed by atoms with van der Waals surface area (Å²) in [7, 11) is 0. The molecule has 1 atom stereocenters. The van der Waals surface area contributed by atoms with Gasteiger partial charge in [0.25, 0.3) is 0 Å². The molecule has 2 aliphatic rings. The molecular weight excluding hydrogens is 310 g/mol. The van der Waals surface area contributed by atoms with Crippen molar-refractivity contribution < 1.29 is 19.0 Å². The van der Waals surface area contributed by atoms with Gasteiger partial charge in [-0.2, -0.15) is 0 Å². The number of nitrogens with zero attached hydrogens (tertiary/aromatic N) is 1. The first kappa shape index (κ1) is 16.7. The molecule has 7 nitrogen and oxygen atoms in total. The fourth-order valence-electron chi connectivity index (χ4n) is 2.91. The molecular formula is C17H25N3O4. The van der Waals surface area contributed by atoms with Crippen LogP contribution in [0.5, 0.6) is 17.2 Å². The smallest absolute Gasteiger partial charge is 0.314 e. The van der Waals surface area contributed by atoms with E-state index in [0.717, 1.165) is 18.8 Å². The summed E-state index contributed by atoms with van der Waals surface area (Å²) in [6, 6.07) is 5.65. The molecule has 0 aliphatic carbocycles. The fourth-order valence-corrected chi connectivity index (χ4v) is 2.91. The molecule has 132 valence electrons. The maximum atomic E-state index is 11.8. The van der Waals surface area contributed by atoms with Gasteiger partial charge in [0, 0.05) is 18.7 Å². The van der Waals surface area contributed by atoms with E-state index in [4.69, 9.17) is 14.2 Å². The molecule has 7 heteroatoms. The van der Waals surface area contributed by atoms with Crippen LogP contribution in [-0.4, -0.2) is 56.6 Å². The second-order valence-electron chi connectivity index (χ2n) is 6.09. The summed E-state index contributed by atoms with van der Waals surface area (Å²) in [5.41, 5.74) is 0. The largest absolute Gasteiger partial charge is 0.492 e. The van der Waals surface area contributed by atoms with E-state index in [1.165, 1.54) is 12.8 Å². The van der Waals surface area contributed by atoms with Gasteiger partial charge in [-0.1, -0.05) is 0 Å². The number of hydrogen-bond acceptors (Lipinski definition) is 5. The second kappa shape index (κ2) is 8.10. The van der Waals surface area contributed by atoms with Gasteiger partial charge in [-0.15, -0.1) is 0 Å². The number of benzene rings is 1. The normalized spacial score (nSPS) is 17.5. The molecule has 1 fully saturated rings. The molecule has 0 bridgehead atoms. The predicted octanol–water partition coefficient (Wildman–Crippen LogP) is 1.58. The van der Waals surface area contributed by atoms with Crippen LogP contribution >= 0.6 is 0 Å². The molecule has 1 saturated heterocycles. The number of fused-ring (bicyclic) bond motifs is 1. The van der Waals surface area contributed by atoms with Gasteiger partial charge < -0.3 is 24.8 Å². The Balaban J connectivity index is 1.29. The molecule has 24 heavy (non-hydrogen) atoms. The highest BCUT2D eigenvalue weighted by Crippen LogP contribution is 2.34. The standard InChI is InChI=1S/C17H25N3O4/c1-13(20-7-2-3-8-20)11-19-17(21)18-6-9-22-14-4-5-15-16(10-14)24-12-23-15/h4-5,10,13H,2-3,6-9,11-12H2,1H3,(H2,18,19,21)/t13-/m0/s1. The summed E-state index contributed by atoms with van der Waals surface area (Å²) in [5.74, 6) is 2.12. The van der Waals surface area contributed by atoms with E-state index in [1.54, 1.807) is 6.07 Å². The highest BCUT2D eigenvalue weighted by molar-refractivity contribution is 5.73. The van der Waals surface area contributed by atoms with Gasteiger partial charge in [-0.25, -0.2) is 4.79 Å². The molecule has 3 rings (SSSR count). The van der Waals surface area contributed by atoms with Crippen molar-refractivity contribution in [2.45, 2.75) is 25.8 Å². The summed E-state index contributed by atoms with van der Waals surface area (Å²) >= 11 is 0. The van der Waals surface area contributed by atoms with Crippen LogP contribution in [0.4, 0.5) is 4.79 Å². The van der Waals surface area contributed by atoms with E-state index in [-0.39, 0.29) is 12.8 Å². The molecule has 2 heterocycles. The van der Waals surface area contributed by atoms with Gasteiger partial charge in [0.15, 0.2) is 11.5 Å². The van der Waals surface area contributed by atoms with Gasteiger partial charge in [0.2, 0.25) is 6.79 Å². The zero-order chi connectivity index (χ0) is 16.8. The number of hydrogen-bond donors (Lipinski definition) is 2. The summed E-state index contributed by atoms with van der Waals surface area (Å²) in [6.45, 7) is 6.16. The number of urea groups is 1. The topological polar surface area (TPSA) is 72.1 Å². The Labute approximate surface area is 142 Å². The fraction of sp³-hybridized carbons (Fsp3) is 0.588. The van der Waals surface area contributed by atoms with Gasteiger partial charge in [0.05, 0.1) is 6.54 Å². The van der Waals surface area contributed by atoms with Crippen LogP contribution in [-0.2, 0) is 0 Å². The van der Waals surface area contributed by atoms with Crippen LogP contribution in [0.15, 0.2) is 18.2 Å². The zero-order valence-corrected chi connectivity index (χ0v) is 14.0. The first-order chi connectivity index (χ1) is 11.7. The third kappa shape index (κ3) is 4.44. The van der Waals surface area contributed by atoms with E-state index in [1.807, 2.05) is 12.1 Å². The molecule has 0 spiro atoms. The second-order valence-corrected chi connectivity index (χ2v) is 6.09. The molecule has 2 N–H and O–H groups in total. The Kier molecular flexibility index (Phi) is 5.63. The van der Waals surface area contributed by atoms with Crippen molar-refractivity contribution in [2.75, 3.05) is 39.6 Å². The Bertz CT molecular complexity index is 561. The number of carbonyl (C=O) groups is 1. The zero-order valence-electron chi connectivity index (χ0n) is 14.0. The lowest BCUT2D eigenvalue weighted by Crippen LogP contribution is -2.45. The summed E-state index contributed by atoms with van der Waals surface area (Å²) in [6.07, 6.45) is 2.52. The van der Waals surface area contributed by atoms with Crippen molar-refractivity contribution in [3.63, 3.8) is 0 Å². The van der Waals surface area contributed by atoms with Crippen LogP contribution in [0.1, 0.15) is 19.8 Å². The highest BCUT2D eigenvalue weighted by atomic mass is 16.7. The van der Waals surface area contributed by atoms with Gasteiger partial charge in [0.1, 0.15) is 12.4 Å². The van der Waals surface area contributed by atoms with E-state index in [2.05, 4.69) is 22.5 Å². The van der Waals surface area contributed by atoms with E-state index in [0.29, 0.717) is 37.2 Å². The maximum absolute atomic E-state index is 11.8. The van der Waals surface area contributed by atoms with Crippen LogP contribution in [0, 0.1) is 0 Å². The maximum Gasteiger partial charge on any atom is 0.314 e. The Morgan fingerprint density at radius 1 is 1.25 bits per heavy atom. The lowest BCUT2D eigenvalue weighted by molar-refractivity contribution is 0.173. The van der Waals surface area contributed by atoms with Crippen molar-refractivity contribution in [3.05, 3.63) is 18.2 Å². The molecule has 0 radical (unpaired) electrons. The number of amides is 2. The summed E-state index contributed by atoms with van der Waals surface area (Å²) in [5, 5.41) is 5.71. The number of rotatable bonds is 7. The van der Waals surface area contributed by atoms with Crippen LogP contribution in [0.2, 0.25) is 0 Å². The molecule has 1 aromatic carbocycles. The number of carbonyl (C=O) groups excluding carboxylic acids is 1. The van der Waals surface area contributed by atoms with Gasteiger partial charge >= 0.3 is 6.03 Å². The third-order valence-corrected chi connectivity index (χ3v) is 4.32. The van der Waals surface area contributed by atoms with Crippen LogP contribution in [0.3, 0.4) is 0 Å². The quantitative estimate of drug-likeness (QED) is 0.740. The van der Waals surface area contributed by atoms with Gasteiger partial charge in [-0.05, 0) is 45.0 Å². The first-order valence-corrected chi connectivity index (χ1v) is 8.50. The van der Waals surface area contributed by atoms with Crippen molar-refractivity contribution in [1.82, 2.24) is 15.5 Å². The van der Waals surface area contributed by atoms with Crippen LogP contribution in [0.25, 0.3) is 0 Å². The average molecular weight is 335 g/mol. The number of likely N-dealkylation sites (tertiary alicyclic amines) is 1. The minimum atomic E-state index is -0.157. The van der Waals surface area contributed by atoms with Crippen molar-refractivity contribution >= 4 is 6.03 Å². The minimum Gasteiger partial charge on any atom is -0.492 e. The first-order valence-electron chi connectivity index (χ1n) is 8.50. The van der Waals surface area contributed by atoms with Crippen molar-refractivity contribution in [2.24, 2.45) is 0 Å². The lowest BCUT2D eigenvalue weighted by atomic mass is 10.3. The van der Waals surface area contributed by atoms with E-state index >= 15 is 0 Å². The molecule has 0 unspecified atom stereocenters. The Hall–Kier alpha value is -2.15. The summed E-state index contributed by atoms with van der Waals surface area (Å²) in [4.78, 5) is 14.2.